The van der Waals surface area contributed by atoms with Crippen LogP contribution in [0.25, 0.3) is 33.5 Å². The Bertz CT molecular complexity index is 1890. The minimum atomic E-state index is -4.97. The largest absolute Gasteiger partial charge is 0.573 e. The summed E-state index contributed by atoms with van der Waals surface area (Å²) in [5.41, 5.74) is -1.42. The van der Waals surface area contributed by atoms with Crippen LogP contribution in [0.1, 0.15) is 12.5 Å². The highest BCUT2D eigenvalue weighted by molar-refractivity contribution is 6.31. The van der Waals surface area contributed by atoms with Crippen molar-refractivity contribution < 1.29 is 36.8 Å². The summed E-state index contributed by atoms with van der Waals surface area (Å²) in [5.74, 6) is -1.25. The number of imide groups is 1. The molecule has 1 N–H and O–H groups in total. The van der Waals surface area contributed by atoms with Crippen molar-refractivity contribution in [1.82, 2.24) is 19.6 Å². The number of carbonyl (C=O) groups excluding carboxylic acids is 2. The lowest BCUT2D eigenvalue weighted by Gasteiger charge is -2.20. The number of benzene rings is 3. The standard InChI is InChI=1S/C25H14ClF3N4O6/c1-24(21(34)30-22(35)38-24)12-3-2-4-14(9-12)32-17-8-6-15(37-25(27,28)29)11-18(17)33(23(32)36)20-16-7-5-13(26)10-19(16)39-31-20/h2-11H,1H3,(H,30,34,35)/t24-/m1/s1. The summed E-state index contributed by atoms with van der Waals surface area (Å²) >= 11 is 6.02. The van der Waals surface area contributed by atoms with E-state index in [2.05, 4.69) is 15.2 Å². The number of halogens is 4. The van der Waals surface area contributed by atoms with Gasteiger partial charge in [0.2, 0.25) is 5.60 Å². The van der Waals surface area contributed by atoms with E-state index in [0.29, 0.717) is 10.4 Å². The average molecular weight is 559 g/mol. The lowest BCUT2D eigenvalue weighted by molar-refractivity contribution is -0.274. The molecule has 1 atom stereocenters. The van der Waals surface area contributed by atoms with Crippen molar-refractivity contribution >= 4 is 45.6 Å². The molecule has 0 bridgehead atoms. The van der Waals surface area contributed by atoms with Gasteiger partial charge in [-0.2, -0.15) is 0 Å². The van der Waals surface area contributed by atoms with E-state index in [-0.39, 0.29) is 33.7 Å². The van der Waals surface area contributed by atoms with Crippen LogP contribution in [0.15, 0.2) is 70.0 Å². The van der Waals surface area contributed by atoms with Gasteiger partial charge in [-0.1, -0.05) is 28.9 Å². The fraction of sp³-hybridized carbons (Fsp3) is 0.120. The summed E-state index contributed by atoms with van der Waals surface area (Å²) in [6, 6.07) is 14.1. The number of imidazole rings is 1. The number of aromatic nitrogens is 3. The topological polar surface area (TPSA) is 118 Å². The molecule has 1 aliphatic rings. The number of nitrogens with one attached hydrogen (secondary N) is 1. The molecule has 39 heavy (non-hydrogen) atoms. The number of cyclic esters (lactones) is 1. The molecule has 10 nitrogen and oxygen atoms in total. The Labute approximate surface area is 220 Å². The molecular formula is C25H14ClF3N4O6. The minimum Gasteiger partial charge on any atom is -0.428 e. The van der Waals surface area contributed by atoms with E-state index in [1.165, 1.54) is 35.8 Å². The molecule has 1 saturated heterocycles. The Morgan fingerprint density at radius 2 is 1.79 bits per heavy atom. The van der Waals surface area contributed by atoms with Crippen molar-refractivity contribution in [2.24, 2.45) is 0 Å². The van der Waals surface area contributed by atoms with Gasteiger partial charge in [0.15, 0.2) is 11.4 Å². The fourth-order valence-corrected chi connectivity index (χ4v) is 4.65. The molecule has 2 amide bonds. The average Bonchev–Trinajstić information content (AvgIpc) is 3.48. The SMILES string of the molecule is C[C@]1(c2cccc(-n3c(=O)n(-c4noc5cc(Cl)ccc45)c4cc(OC(F)(F)F)ccc43)c2)OC(=O)NC1=O. The smallest absolute Gasteiger partial charge is 0.428 e. The van der Waals surface area contributed by atoms with Gasteiger partial charge in [-0.05, 0) is 43.3 Å². The second-order valence-electron chi connectivity index (χ2n) is 8.73. The second kappa shape index (κ2) is 8.36. The molecule has 0 spiro atoms. The van der Waals surface area contributed by atoms with Gasteiger partial charge in [0.1, 0.15) is 5.75 Å². The number of rotatable bonds is 4. The van der Waals surface area contributed by atoms with Gasteiger partial charge >= 0.3 is 18.1 Å². The van der Waals surface area contributed by atoms with Crippen LogP contribution in [0, 0.1) is 0 Å². The van der Waals surface area contributed by atoms with E-state index in [9.17, 15) is 27.6 Å². The Morgan fingerprint density at radius 3 is 2.51 bits per heavy atom. The van der Waals surface area contributed by atoms with Crippen molar-refractivity contribution in [2.75, 3.05) is 0 Å². The first-order valence-corrected chi connectivity index (χ1v) is 11.6. The molecule has 198 valence electrons. The molecule has 1 aliphatic heterocycles. The summed E-state index contributed by atoms with van der Waals surface area (Å²) < 4.78 is 55.9. The van der Waals surface area contributed by atoms with Gasteiger partial charge in [-0.3, -0.25) is 14.7 Å². The molecule has 1 fully saturated rings. The van der Waals surface area contributed by atoms with Gasteiger partial charge in [0.25, 0.3) is 5.91 Å². The number of alkyl halides is 3. The highest BCUT2D eigenvalue weighted by atomic mass is 35.5. The van der Waals surface area contributed by atoms with Gasteiger partial charge in [-0.25, -0.2) is 14.2 Å². The fourth-order valence-electron chi connectivity index (χ4n) is 4.49. The molecule has 0 unspecified atom stereocenters. The first-order valence-electron chi connectivity index (χ1n) is 11.2. The zero-order valence-electron chi connectivity index (χ0n) is 19.6. The predicted molar refractivity (Wildman–Crippen MR) is 130 cm³/mol. The van der Waals surface area contributed by atoms with Crippen molar-refractivity contribution in [1.29, 1.82) is 0 Å². The van der Waals surface area contributed by atoms with Crippen LogP contribution in [0.2, 0.25) is 5.02 Å². The maximum absolute atomic E-state index is 13.9. The Balaban J connectivity index is 1.61. The van der Waals surface area contributed by atoms with Crippen LogP contribution in [-0.2, 0) is 15.1 Å². The Morgan fingerprint density at radius 1 is 1.00 bits per heavy atom. The maximum Gasteiger partial charge on any atom is 0.573 e. The Kier molecular flexibility index (Phi) is 5.26. The van der Waals surface area contributed by atoms with E-state index in [1.54, 1.807) is 24.3 Å². The lowest BCUT2D eigenvalue weighted by Crippen LogP contribution is -2.33. The van der Waals surface area contributed by atoms with E-state index in [0.717, 1.165) is 16.7 Å². The second-order valence-corrected chi connectivity index (χ2v) is 9.16. The number of hydrogen-bond donors (Lipinski definition) is 1. The first kappa shape index (κ1) is 24.6. The highest BCUT2D eigenvalue weighted by Crippen LogP contribution is 2.34. The molecule has 0 saturated carbocycles. The van der Waals surface area contributed by atoms with Gasteiger partial charge < -0.3 is 14.0 Å². The lowest BCUT2D eigenvalue weighted by atomic mass is 9.95. The summed E-state index contributed by atoms with van der Waals surface area (Å²) in [6.07, 6.45) is -5.89. The van der Waals surface area contributed by atoms with Crippen molar-refractivity contribution in [3.8, 4) is 17.3 Å². The zero-order valence-corrected chi connectivity index (χ0v) is 20.3. The summed E-state index contributed by atoms with van der Waals surface area (Å²) in [4.78, 5) is 38.0. The predicted octanol–water partition coefficient (Wildman–Crippen LogP) is 4.96. The molecule has 2 aromatic heterocycles. The van der Waals surface area contributed by atoms with Gasteiger partial charge in [0, 0.05) is 22.7 Å². The molecule has 3 aromatic carbocycles. The number of ether oxygens (including phenoxy) is 2. The van der Waals surface area contributed by atoms with Crippen LogP contribution in [0.4, 0.5) is 18.0 Å². The summed E-state index contributed by atoms with van der Waals surface area (Å²) in [6.45, 7) is 1.39. The molecule has 6 rings (SSSR count). The summed E-state index contributed by atoms with van der Waals surface area (Å²) in [5, 5.41) is 6.77. The first-order chi connectivity index (χ1) is 18.4. The number of carbonyl (C=O) groups is 2. The van der Waals surface area contributed by atoms with E-state index in [4.69, 9.17) is 20.9 Å². The Hall–Kier alpha value is -4.78. The molecule has 0 aliphatic carbocycles. The van der Waals surface area contributed by atoms with Crippen molar-refractivity contribution in [2.45, 2.75) is 18.9 Å². The number of fused-ring (bicyclic) bond motifs is 2. The normalized spacial score (nSPS) is 17.6. The quantitative estimate of drug-likeness (QED) is 0.331. The van der Waals surface area contributed by atoms with Crippen LogP contribution in [0.3, 0.4) is 0 Å². The van der Waals surface area contributed by atoms with Crippen LogP contribution in [0.5, 0.6) is 5.75 Å². The van der Waals surface area contributed by atoms with Crippen molar-refractivity contribution in [3.63, 3.8) is 0 Å². The molecule has 3 heterocycles. The van der Waals surface area contributed by atoms with Crippen LogP contribution in [-0.4, -0.2) is 32.7 Å². The van der Waals surface area contributed by atoms with Gasteiger partial charge in [-0.15, -0.1) is 13.2 Å². The van der Waals surface area contributed by atoms with Crippen LogP contribution < -0.4 is 15.7 Å². The number of amides is 2. The maximum atomic E-state index is 13.9. The monoisotopic (exact) mass is 558 g/mol. The van der Waals surface area contributed by atoms with E-state index >= 15 is 0 Å². The third-order valence-corrected chi connectivity index (χ3v) is 6.51. The van der Waals surface area contributed by atoms with E-state index in [1.807, 2.05) is 0 Å². The third kappa shape index (κ3) is 3.98. The van der Waals surface area contributed by atoms with E-state index < -0.39 is 35.4 Å². The van der Waals surface area contributed by atoms with Gasteiger partial charge in [0.05, 0.1) is 22.1 Å². The highest BCUT2D eigenvalue weighted by Gasteiger charge is 2.46. The molecular weight excluding hydrogens is 545 g/mol. The summed E-state index contributed by atoms with van der Waals surface area (Å²) in [7, 11) is 0. The molecule has 0 radical (unpaired) electrons. The number of alkyl carbamates (subject to hydrolysis) is 1. The number of nitrogens with zero attached hydrogens (tertiary/aromatic N) is 3. The number of hydrogen-bond acceptors (Lipinski definition) is 7. The zero-order chi connectivity index (χ0) is 27.7. The molecule has 14 heteroatoms. The molecule has 5 aromatic rings. The third-order valence-electron chi connectivity index (χ3n) is 6.27. The van der Waals surface area contributed by atoms with Crippen molar-refractivity contribution in [3.05, 3.63) is 81.7 Å². The van der Waals surface area contributed by atoms with Crippen LogP contribution >= 0.6 is 11.6 Å². The minimum absolute atomic E-state index is 0.00629.